The number of amides is 2. The first-order chi connectivity index (χ1) is 15.1. The zero-order valence-corrected chi connectivity index (χ0v) is 17.3. The van der Waals surface area contributed by atoms with Gasteiger partial charge in [-0.25, -0.2) is 4.98 Å². The Balaban J connectivity index is 1.41. The Morgan fingerprint density at radius 2 is 2.03 bits per heavy atom. The number of imidazole rings is 1. The van der Waals surface area contributed by atoms with Crippen molar-refractivity contribution in [1.29, 1.82) is 0 Å². The van der Waals surface area contributed by atoms with Crippen LogP contribution in [-0.4, -0.2) is 47.7 Å². The molecule has 0 radical (unpaired) electrons. The van der Waals surface area contributed by atoms with E-state index in [1.165, 1.54) is 0 Å². The van der Waals surface area contributed by atoms with Crippen molar-refractivity contribution in [2.45, 2.75) is 31.4 Å². The van der Waals surface area contributed by atoms with E-state index >= 15 is 0 Å². The topological polar surface area (TPSA) is 85.7 Å². The van der Waals surface area contributed by atoms with Crippen LogP contribution in [-0.2, 0) is 14.3 Å². The summed E-state index contributed by atoms with van der Waals surface area (Å²) in [6.07, 6.45) is 1.95. The Bertz CT molecular complexity index is 1120. The predicted molar refractivity (Wildman–Crippen MR) is 116 cm³/mol. The summed E-state index contributed by atoms with van der Waals surface area (Å²) in [6.45, 7) is 1.18. The van der Waals surface area contributed by atoms with Crippen molar-refractivity contribution in [3.8, 4) is 5.75 Å². The maximum atomic E-state index is 13.3. The fourth-order valence-electron chi connectivity index (χ4n) is 4.32. The van der Waals surface area contributed by atoms with Crippen LogP contribution in [0.2, 0.25) is 0 Å². The second-order valence-corrected chi connectivity index (χ2v) is 7.85. The van der Waals surface area contributed by atoms with Gasteiger partial charge in [0.2, 0.25) is 11.9 Å². The summed E-state index contributed by atoms with van der Waals surface area (Å²) in [4.78, 5) is 32.5. The van der Waals surface area contributed by atoms with Crippen molar-refractivity contribution >= 4 is 34.5 Å². The summed E-state index contributed by atoms with van der Waals surface area (Å²) >= 11 is 0. The van der Waals surface area contributed by atoms with Gasteiger partial charge in [0, 0.05) is 12.3 Å². The molecule has 3 aromatic rings. The van der Waals surface area contributed by atoms with Crippen molar-refractivity contribution in [1.82, 2.24) is 9.55 Å². The lowest BCUT2D eigenvalue weighted by molar-refractivity contribution is -0.124. The quantitative estimate of drug-likeness (QED) is 0.662. The van der Waals surface area contributed by atoms with Crippen LogP contribution in [0.4, 0.5) is 11.6 Å². The second kappa shape index (κ2) is 8.03. The summed E-state index contributed by atoms with van der Waals surface area (Å²) in [5, 5.41) is 2.88. The van der Waals surface area contributed by atoms with Gasteiger partial charge in [-0.05, 0) is 49.2 Å². The minimum atomic E-state index is -0.637. The van der Waals surface area contributed by atoms with E-state index in [4.69, 9.17) is 14.5 Å². The molecule has 0 saturated carbocycles. The number of hydrogen-bond acceptors (Lipinski definition) is 5. The lowest BCUT2D eigenvalue weighted by atomic mass is 10.1. The third-order valence-electron chi connectivity index (χ3n) is 5.84. The molecule has 1 aromatic heterocycles. The molecule has 31 heavy (non-hydrogen) atoms. The summed E-state index contributed by atoms with van der Waals surface area (Å²) in [7, 11) is 1.59. The number of nitrogens with one attached hydrogen (secondary N) is 1. The number of aromatic nitrogens is 2. The molecule has 2 aromatic carbocycles. The molecule has 0 aliphatic carbocycles. The first-order valence-electron chi connectivity index (χ1n) is 10.5. The zero-order chi connectivity index (χ0) is 21.4. The number of methoxy groups -OCH3 is 1. The van der Waals surface area contributed by atoms with E-state index in [0.717, 1.165) is 30.5 Å². The first kappa shape index (κ1) is 19.6. The van der Waals surface area contributed by atoms with E-state index in [2.05, 4.69) is 5.32 Å². The number of benzene rings is 2. The van der Waals surface area contributed by atoms with Gasteiger partial charge in [0.05, 0.1) is 37.2 Å². The third-order valence-corrected chi connectivity index (χ3v) is 5.84. The number of anilines is 2. The Labute approximate surface area is 179 Å². The average Bonchev–Trinajstić information content (AvgIpc) is 3.48. The Kier molecular flexibility index (Phi) is 5.07. The SMILES string of the molecule is COc1ccc(NC(=O)C[C@@H]2C(=O)N(C[C@H]3CCCO3)c3nc4ccccc4n32)cc1. The molecular formula is C23H24N4O4. The molecule has 8 nitrogen and oxygen atoms in total. The highest BCUT2D eigenvalue weighted by Crippen LogP contribution is 2.37. The number of para-hydroxylation sites is 2. The smallest absolute Gasteiger partial charge is 0.253 e. The molecule has 1 saturated heterocycles. The van der Waals surface area contributed by atoms with Crippen LogP contribution >= 0.6 is 0 Å². The van der Waals surface area contributed by atoms with Gasteiger partial charge >= 0.3 is 0 Å². The Morgan fingerprint density at radius 1 is 1.23 bits per heavy atom. The lowest BCUT2D eigenvalue weighted by Crippen LogP contribution is -2.37. The third kappa shape index (κ3) is 3.63. The molecule has 2 amide bonds. The molecule has 3 heterocycles. The highest BCUT2D eigenvalue weighted by atomic mass is 16.5. The van der Waals surface area contributed by atoms with Crippen LogP contribution in [0.5, 0.6) is 5.75 Å². The maximum Gasteiger partial charge on any atom is 0.253 e. The first-order valence-corrected chi connectivity index (χ1v) is 10.5. The summed E-state index contributed by atoms with van der Waals surface area (Å²) in [5.74, 6) is 0.951. The van der Waals surface area contributed by atoms with Crippen molar-refractivity contribution in [2.75, 3.05) is 30.5 Å². The van der Waals surface area contributed by atoms with Gasteiger partial charge < -0.3 is 14.8 Å². The number of fused-ring (bicyclic) bond motifs is 3. The Hall–Kier alpha value is -3.39. The fourth-order valence-corrected chi connectivity index (χ4v) is 4.32. The average molecular weight is 420 g/mol. The molecule has 0 bridgehead atoms. The van der Waals surface area contributed by atoms with Crippen LogP contribution in [0.15, 0.2) is 48.5 Å². The van der Waals surface area contributed by atoms with Crippen LogP contribution in [0.1, 0.15) is 25.3 Å². The number of rotatable bonds is 6. The van der Waals surface area contributed by atoms with Crippen LogP contribution in [0.3, 0.4) is 0 Å². The van der Waals surface area contributed by atoms with E-state index in [1.807, 2.05) is 28.8 Å². The molecule has 2 atom stereocenters. The minimum Gasteiger partial charge on any atom is -0.497 e. The van der Waals surface area contributed by atoms with Crippen molar-refractivity contribution in [3.05, 3.63) is 48.5 Å². The molecular weight excluding hydrogens is 396 g/mol. The number of carbonyl (C=O) groups excluding carboxylic acids is 2. The molecule has 2 aliphatic heterocycles. The summed E-state index contributed by atoms with van der Waals surface area (Å²) in [5.41, 5.74) is 2.31. The van der Waals surface area contributed by atoms with Crippen molar-refractivity contribution in [3.63, 3.8) is 0 Å². The number of hydrogen-bond donors (Lipinski definition) is 1. The van der Waals surface area contributed by atoms with Crippen LogP contribution in [0, 0.1) is 0 Å². The standard InChI is InChI=1S/C23H24N4O4/c1-30-16-10-8-15(9-11-16)24-21(28)13-20-22(29)26(14-17-5-4-12-31-17)23-25-18-6-2-3-7-19(18)27(20)23/h2-3,6-11,17,20H,4-5,12-14H2,1H3,(H,24,28)/t17-,20-/m1/s1. The normalized spacial score (nSPS) is 20.3. The zero-order valence-electron chi connectivity index (χ0n) is 17.3. The van der Waals surface area contributed by atoms with Crippen LogP contribution < -0.4 is 15.0 Å². The molecule has 0 unspecified atom stereocenters. The molecule has 1 fully saturated rings. The highest BCUT2D eigenvalue weighted by Gasteiger charge is 2.42. The lowest BCUT2D eigenvalue weighted by Gasteiger charge is -2.19. The summed E-state index contributed by atoms with van der Waals surface area (Å²) in [6, 6.07) is 14.2. The van der Waals surface area contributed by atoms with E-state index in [-0.39, 0.29) is 24.3 Å². The molecule has 8 heteroatoms. The fraction of sp³-hybridized carbons (Fsp3) is 0.348. The maximum absolute atomic E-state index is 13.3. The monoisotopic (exact) mass is 420 g/mol. The molecule has 5 rings (SSSR count). The van der Waals surface area contributed by atoms with E-state index in [0.29, 0.717) is 23.9 Å². The van der Waals surface area contributed by atoms with Gasteiger partial charge in [0.25, 0.3) is 5.91 Å². The number of carbonyl (C=O) groups is 2. The van der Waals surface area contributed by atoms with Gasteiger partial charge in [-0.1, -0.05) is 12.1 Å². The summed E-state index contributed by atoms with van der Waals surface area (Å²) < 4.78 is 12.8. The van der Waals surface area contributed by atoms with E-state index < -0.39 is 6.04 Å². The van der Waals surface area contributed by atoms with E-state index in [9.17, 15) is 9.59 Å². The Morgan fingerprint density at radius 3 is 2.77 bits per heavy atom. The highest BCUT2D eigenvalue weighted by molar-refractivity contribution is 6.05. The van der Waals surface area contributed by atoms with Gasteiger partial charge in [-0.15, -0.1) is 0 Å². The minimum absolute atomic E-state index is 0.00379. The largest absolute Gasteiger partial charge is 0.497 e. The molecule has 2 aliphatic rings. The predicted octanol–water partition coefficient (Wildman–Crippen LogP) is 3.14. The molecule has 1 N–H and O–H groups in total. The van der Waals surface area contributed by atoms with Crippen LogP contribution in [0.25, 0.3) is 11.0 Å². The molecule has 160 valence electrons. The van der Waals surface area contributed by atoms with Crippen molar-refractivity contribution < 1.29 is 19.1 Å². The van der Waals surface area contributed by atoms with E-state index in [1.54, 1.807) is 36.3 Å². The number of ether oxygens (including phenoxy) is 2. The number of nitrogens with zero attached hydrogens (tertiary/aromatic N) is 3. The van der Waals surface area contributed by atoms with Gasteiger partial charge in [-0.2, -0.15) is 0 Å². The molecule has 0 spiro atoms. The second-order valence-electron chi connectivity index (χ2n) is 7.85. The van der Waals surface area contributed by atoms with Gasteiger partial charge in [0.15, 0.2) is 0 Å². The van der Waals surface area contributed by atoms with Gasteiger partial charge in [0.1, 0.15) is 11.8 Å². The van der Waals surface area contributed by atoms with Gasteiger partial charge in [-0.3, -0.25) is 19.1 Å². The van der Waals surface area contributed by atoms with Crippen molar-refractivity contribution in [2.24, 2.45) is 0 Å².